The van der Waals surface area contributed by atoms with Crippen molar-refractivity contribution in [3.63, 3.8) is 0 Å². The van der Waals surface area contributed by atoms with Gasteiger partial charge in [-0.15, -0.1) is 35.3 Å². The number of nitrogens with zero attached hydrogens (tertiary/aromatic N) is 3. The largest absolute Gasteiger partial charge is 0.406 e. The van der Waals surface area contributed by atoms with E-state index in [0.717, 1.165) is 33.0 Å². The maximum absolute atomic E-state index is 12.4. The highest BCUT2D eigenvalue weighted by Gasteiger charge is 2.31. The van der Waals surface area contributed by atoms with Crippen LogP contribution >= 0.6 is 35.3 Å². The number of halogens is 4. The monoisotopic (exact) mass is 533 g/mol. The first-order chi connectivity index (χ1) is 12.8. The number of carbonyl (C=O) groups excluding carboxylic acids is 1. The predicted molar refractivity (Wildman–Crippen MR) is 118 cm³/mol. The molecule has 0 radical (unpaired) electrons. The molecule has 160 valence electrons. The van der Waals surface area contributed by atoms with Crippen LogP contribution in [0.5, 0.6) is 0 Å². The molecular weight excluding hydrogens is 506 g/mol. The molecule has 0 aliphatic carbocycles. The van der Waals surface area contributed by atoms with E-state index >= 15 is 0 Å². The van der Waals surface area contributed by atoms with Gasteiger partial charge in [0.25, 0.3) is 0 Å². The van der Waals surface area contributed by atoms with Gasteiger partial charge >= 0.3 is 6.18 Å². The molecule has 1 saturated heterocycles. The third-order valence-electron chi connectivity index (χ3n) is 4.21. The maximum atomic E-state index is 12.4. The standard InChI is InChI=1S/C17H26F3N5OS.HI/c1-3-21-16(22-11-14(26)24(2)12-17(18,19)20)23-13-6-8-25(9-7-13)15-5-4-10-27-15;/h4-5,10,13H,3,6-9,11-12H2,1-2H3,(H2,21,22,23);1H. The number of hydrogen-bond donors (Lipinski definition) is 2. The average molecular weight is 533 g/mol. The van der Waals surface area contributed by atoms with Crippen molar-refractivity contribution in [2.75, 3.05) is 44.7 Å². The van der Waals surface area contributed by atoms with Crippen molar-refractivity contribution in [2.24, 2.45) is 4.99 Å². The number of rotatable bonds is 6. The number of guanidine groups is 1. The van der Waals surface area contributed by atoms with Crippen molar-refractivity contribution in [1.29, 1.82) is 0 Å². The van der Waals surface area contributed by atoms with Crippen LogP contribution in [0.25, 0.3) is 0 Å². The summed E-state index contributed by atoms with van der Waals surface area (Å²) in [6.07, 6.45) is -2.57. The van der Waals surface area contributed by atoms with Crippen LogP contribution in [0.1, 0.15) is 19.8 Å². The molecule has 1 fully saturated rings. The molecule has 0 spiro atoms. The van der Waals surface area contributed by atoms with E-state index in [9.17, 15) is 18.0 Å². The summed E-state index contributed by atoms with van der Waals surface area (Å²) in [6, 6.07) is 4.35. The Morgan fingerprint density at radius 3 is 2.61 bits per heavy atom. The van der Waals surface area contributed by atoms with Gasteiger partial charge in [0.05, 0.1) is 5.00 Å². The molecule has 1 amide bonds. The minimum atomic E-state index is -4.41. The summed E-state index contributed by atoms with van der Waals surface area (Å²) in [4.78, 5) is 19.0. The first kappa shape index (κ1) is 24.8. The summed E-state index contributed by atoms with van der Waals surface area (Å²) in [5.74, 6) is -0.210. The minimum Gasteiger partial charge on any atom is -0.363 e. The van der Waals surface area contributed by atoms with E-state index in [2.05, 4.69) is 32.0 Å². The van der Waals surface area contributed by atoms with Gasteiger partial charge in [-0.05, 0) is 37.3 Å². The number of amides is 1. The van der Waals surface area contributed by atoms with Gasteiger partial charge in [0, 0.05) is 32.7 Å². The smallest absolute Gasteiger partial charge is 0.363 e. The van der Waals surface area contributed by atoms with Crippen LogP contribution in [0.4, 0.5) is 18.2 Å². The van der Waals surface area contributed by atoms with Gasteiger partial charge in [0.15, 0.2) is 5.96 Å². The van der Waals surface area contributed by atoms with E-state index < -0.39 is 18.6 Å². The topological polar surface area (TPSA) is 60.0 Å². The van der Waals surface area contributed by atoms with Crippen molar-refractivity contribution in [3.8, 4) is 0 Å². The van der Waals surface area contributed by atoms with Crippen molar-refractivity contribution >= 4 is 52.2 Å². The van der Waals surface area contributed by atoms with Crippen LogP contribution in [-0.2, 0) is 4.79 Å². The van der Waals surface area contributed by atoms with Crippen molar-refractivity contribution < 1.29 is 18.0 Å². The lowest BCUT2D eigenvalue weighted by Crippen LogP contribution is -2.49. The summed E-state index contributed by atoms with van der Waals surface area (Å²) in [7, 11) is 1.13. The first-order valence-electron chi connectivity index (χ1n) is 8.92. The molecule has 28 heavy (non-hydrogen) atoms. The zero-order valence-corrected chi connectivity index (χ0v) is 19.1. The molecule has 2 heterocycles. The SMILES string of the molecule is CCNC(=NCC(=O)N(C)CC(F)(F)F)NC1CCN(c2cccs2)CC1.I. The zero-order chi connectivity index (χ0) is 19.9. The lowest BCUT2D eigenvalue weighted by Gasteiger charge is -2.33. The summed E-state index contributed by atoms with van der Waals surface area (Å²) >= 11 is 1.72. The second kappa shape index (κ2) is 11.7. The van der Waals surface area contributed by atoms with Gasteiger partial charge in [-0.1, -0.05) is 0 Å². The van der Waals surface area contributed by atoms with Gasteiger partial charge in [-0.2, -0.15) is 13.2 Å². The second-order valence-electron chi connectivity index (χ2n) is 6.42. The van der Waals surface area contributed by atoms with Crippen molar-refractivity contribution in [1.82, 2.24) is 15.5 Å². The Balaban J connectivity index is 0.00000392. The van der Waals surface area contributed by atoms with Crippen LogP contribution in [0.2, 0.25) is 0 Å². The van der Waals surface area contributed by atoms with Gasteiger partial charge in [-0.25, -0.2) is 4.99 Å². The highest BCUT2D eigenvalue weighted by molar-refractivity contribution is 14.0. The summed E-state index contributed by atoms with van der Waals surface area (Å²) in [5.41, 5.74) is 0. The number of piperidine rings is 1. The fourth-order valence-corrected chi connectivity index (χ4v) is 3.62. The zero-order valence-electron chi connectivity index (χ0n) is 16.0. The quantitative estimate of drug-likeness (QED) is 0.336. The lowest BCUT2D eigenvalue weighted by atomic mass is 10.1. The molecule has 1 aliphatic rings. The number of aliphatic imine (C=N–C) groups is 1. The molecule has 0 atom stereocenters. The Kier molecular flexibility index (Phi) is 10.4. The highest BCUT2D eigenvalue weighted by atomic mass is 127. The molecule has 0 bridgehead atoms. The molecule has 2 N–H and O–H groups in total. The van der Waals surface area contributed by atoms with E-state index in [1.807, 2.05) is 13.0 Å². The number of thiophene rings is 1. The first-order valence-corrected chi connectivity index (χ1v) is 9.80. The second-order valence-corrected chi connectivity index (χ2v) is 7.34. The Hall–Kier alpha value is -1.24. The molecule has 0 saturated carbocycles. The summed E-state index contributed by atoms with van der Waals surface area (Å²) < 4.78 is 37.1. The number of likely N-dealkylation sites (N-methyl/N-ethyl adjacent to an activating group) is 1. The molecule has 2 rings (SSSR count). The molecule has 11 heteroatoms. The fourth-order valence-electron chi connectivity index (χ4n) is 2.83. The summed E-state index contributed by atoms with van der Waals surface area (Å²) in [5, 5.41) is 9.65. The van der Waals surface area contributed by atoms with Crippen LogP contribution < -0.4 is 15.5 Å². The van der Waals surface area contributed by atoms with Gasteiger partial charge < -0.3 is 20.4 Å². The van der Waals surface area contributed by atoms with E-state index in [0.29, 0.717) is 17.4 Å². The van der Waals surface area contributed by atoms with Crippen LogP contribution in [0.3, 0.4) is 0 Å². The predicted octanol–water partition coefficient (Wildman–Crippen LogP) is 2.91. The number of alkyl halides is 3. The Bertz CT molecular complexity index is 619. The van der Waals surface area contributed by atoms with Gasteiger partial charge in [0.2, 0.25) is 5.91 Å². The molecule has 0 aromatic carbocycles. The Labute approximate surface area is 184 Å². The number of carbonyl (C=O) groups is 1. The van der Waals surface area contributed by atoms with E-state index in [1.54, 1.807) is 11.3 Å². The fraction of sp³-hybridized carbons (Fsp3) is 0.647. The number of hydrogen-bond acceptors (Lipinski definition) is 4. The van der Waals surface area contributed by atoms with Crippen LogP contribution in [-0.4, -0.2) is 68.8 Å². The Morgan fingerprint density at radius 2 is 2.07 bits per heavy atom. The van der Waals surface area contributed by atoms with E-state index in [1.165, 1.54) is 5.00 Å². The Morgan fingerprint density at radius 1 is 1.39 bits per heavy atom. The average Bonchev–Trinajstić information content (AvgIpc) is 3.13. The van der Waals surface area contributed by atoms with Crippen molar-refractivity contribution in [3.05, 3.63) is 17.5 Å². The molecular formula is C17H27F3IN5OS. The lowest BCUT2D eigenvalue weighted by molar-refractivity contribution is -0.157. The minimum absolute atomic E-state index is 0. The molecule has 1 aromatic rings. The van der Waals surface area contributed by atoms with Gasteiger partial charge in [-0.3, -0.25) is 4.79 Å². The molecule has 1 aromatic heterocycles. The number of anilines is 1. The van der Waals surface area contributed by atoms with E-state index in [-0.39, 0.29) is 36.6 Å². The van der Waals surface area contributed by atoms with E-state index in [4.69, 9.17) is 0 Å². The molecule has 1 aliphatic heterocycles. The molecule has 6 nitrogen and oxygen atoms in total. The normalized spacial score (nSPS) is 15.8. The molecule has 0 unspecified atom stereocenters. The number of nitrogens with one attached hydrogen (secondary N) is 2. The maximum Gasteiger partial charge on any atom is 0.406 e. The van der Waals surface area contributed by atoms with Crippen molar-refractivity contribution in [2.45, 2.75) is 32.0 Å². The highest BCUT2D eigenvalue weighted by Crippen LogP contribution is 2.24. The van der Waals surface area contributed by atoms with Gasteiger partial charge in [0.1, 0.15) is 13.1 Å². The third-order valence-corrected chi connectivity index (χ3v) is 5.14. The van der Waals surface area contributed by atoms with Crippen LogP contribution in [0, 0.1) is 0 Å². The van der Waals surface area contributed by atoms with Crippen LogP contribution in [0.15, 0.2) is 22.5 Å². The third kappa shape index (κ3) is 8.41. The summed E-state index contributed by atoms with van der Waals surface area (Å²) in [6.45, 7) is 2.75.